The van der Waals surface area contributed by atoms with Crippen molar-refractivity contribution < 1.29 is 0 Å². The average molecular weight is 278 g/mol. The summed E-state index contributed by atoms with van der Waals surface area (Å²) in [5.41, 5.74) is 9.94. The molecule has 4 heteroatoms. The van der Waals surface area contributed by atoms with Gasteiger partial charge in [-0.3, -0.25) is 9.58 Å². The largest absolute Gasteiger partial charge is 0.328 e. The van der Waals surface area contributed by atoms with E-state index < -0.39 is 0 Å². The quantitative estimate of drug-likeness (QED) is 0.900. The van der Waals surface area contributed by atoms with Gasteiger partial charge in [-0.15, -0.1) is 0 Å². The van der Waals surface area contributed by atoms with E-state index in [0.29, 0.717) is 12.1 Å². The van der Waals surface area contributed by atoms with Gasteiger partial charge in [0.25, 0.3) is 0 Å². The lowest BCUT2D eigenvalue weighted by molar-refractivity contribution is 0.141. The molecule has 1 aliphatic carbocycles. The maximum Gasteiger partial charge on any atom is 0.0641 e. The summed E-state index contributed by atoms with van der Waals surface area (Å²) in [7, 11) is 2.04. The Morgan fingerprint density at radius 2 is 1.90 bits per heavy atom. The van der Waals surface area contributed by atoms with Crippen LogP contribution in [-0.4, -0.2) is 33.3 Å². The summed E-state index contributed by atoms with van der Waals surface area (Å²) >= 11 is 0. The van der Waals surface area contributed by atoms with Gasteiger partial charge in [0.1, 0.15) is 0 Å². The van der Waals surface area contributed by atoms with Crippen LogP contribution in [-0.2, 0) is 13.6 Å². The van der Waals surface area contributed by atoms with Crippen LogP contribution in [0.25, 0.3) is 0 Å². The van der Waals surface area contributed by atoms with Crippen LogP contribution in [0.4, 0.5) is 0 Å². The fourth-order valence-electron chi connectivity index (χ4n) is 3.39. The van der Waals surface area contributed by atoms with Gasteiger partial charge in [-0.2, -0.15) is 5.10 Å². The summed E-state index contributed by atoms with van der Waals surface area (Å²) in [5, 5.41) is 4.55. The van der Waals surface area contributed by atoms with Gasteiger partial charge in [0, 0.05) is 36.9 Å². The summed E-state index contributed by atoms with van der Waals surface area (Å²) < 4.78 is 2.01. The zero-order valence-electron chi connectivity index (χ0n) is 13.5. The number of rotatable bonds is 5. The van der Waals surface area contributed by atoms with Crippen LogP contribution < -0.4 is 5.73 Å². The van der Waals surface area contributed by atoms with Crippen LogP contribution in [0.1, 0.15) is 56.0 Å². The Labute approximate surface area is 123 Å². The molecule has 1 aromatic heterocycles. The molecule has 0 unspecified atom stereocenters. The lowest BCUT2D eigenvalue weighted by Crippen LogP contribution is -2.41. The van der Waals surface area contributed by atoms with Crippen LogP contribution in [0.2, 0.25) is 0 Å². The zero-order valence-corrected chi connectivity index (χ0v) is 13.5. The van der Waals surface area contributed by atoms with Gasteiger partial charge in [0.2, 0.25) is 0 Å². The molecule has 4 nitrogen and oxygen atoms in total. The molecule has 1 fully saturated rings. The minimum atomic E-state index is 0.427. The second kappa shape index (κ2) is 6.72. The average Bonchev–Trinajstić information content (AvgIpc) is 2.65. The van der Waals surface area contributed by atoms with E-state index in [-0.39, 0.29) is 0 Å². The third kappa shape index (κ3) is 3.41. The number of hydrogen-bond acceptors (Lipinski definition) is 3. The summed E-state index contributed by atoms with van der Waals surface area (Å²) in [6, 6.07) is 1.13. The van der Waals surface area contributed by atoms with Crippen molar-refractivity contribution in [3.8, 4) is 0 Å². The standard InChI is InChI=1S/C16H30N4/c1-5-10-20(15-8-6-14(17)7-9-15)11-16-12(2)18-19(4)13(16)3/h14-15H,5-11,17H2,1-4H3. The first-order valence-corrected chi connectivity index (χ1v) is 8.01. The monoisotopic (exact) mass is 278 g/mol. The van der Waals surface area contributed by atoms with E-state index in [1.807, 2.05) is 11.7 Å². The van der Waals surface area contributed by atoms with Crippen molar-refractivity contribution in [3.63, 3.8) is 0 Å². The van der Waals surface area contributed by atoms with E-state index in [1.54, 1.807) is 0 Å². The summed E-state index contributed by atoms with van der Waals surface area (Å²) in [5.74, 6) is 0. The molecule has 2 rings (SSSR count). The number of aryl methyl sites for hydroxylation is 2. The molecule has 0 radical (unpaired) electrons. The molecule has 0 bridgehead atoms. The fourth-order valence-corrected chi connectivity index (χ4v) is 3.39. The Morgan fingerprint density at radius 3 is 2.40 bits per heavy atom. The molecule has 0 saturated heterocycles. The smallest absolute Gasteiger partial charge is 0.0641 e. The Kier molecular flexibility index (Phi) is 5.22. The van der Waals surface area contributed by atoms with Crippen molar-refractivity contribution in [1.82, 2.24) is 14.7 Å². The molecule has 1 aromatic rings. The number of hydrogen-bond donors (Lipinski definition) is 1. The zero-order chi connectivity index (χ0) is 14.7. The first-order valence-electron chi connectivity index (χ1n) is 8.01. The number of aromatic nitrogens is 2. The second-order valence-corrected chi connectivity index (χ2v) is 6.31. The van der Waals surface area contributed by atoms with E-state index in [9.17, 15) is 0 Å². The van der Waals surface area contributed by atoms with Crippen LogP contribution in [0.15, 0.2) is 0 Å². The molecule has 0 aliphatic heterocycles. The first kappa shape index (κ1) is 15.5. The van der Waals surface area contributed by atoms with E-state index in [0.717, 1.165) is 6.54 Å². The third-order valence-corrected chi connectivity index (χ3v) is 4.79. The van der Waals surface area contributed by atoms with Crippen LogP contribution in [0.3, 0.4) is 0 Å². The molecule has 0 amide bonds. The van der Waals surface area contributed by atoms with Gasteiger partial charge in [-0.25, -0.2) is 0 Å². The van der Waals surface area contributed by atoms with Crippen molar-refractivity contribution in [2.24, 2.45) is 12.8 Å². The van der Waals surface area contributed by atoms with Crippen molar-refractivity contribution in [3.05, 3.63) is 17.0 Å². The van der Waals surface area contributed by atoms with E-state index in [1.165, 1.54) is 55.6 Å². The molecular weight excluding hydrogens is 248 g/mol. The van der Waals surface area contributed by atoms with Gasteiger partial charge >= 0.3 is 0 Å². The van der Waals surface area contributed by atoms with Gasteiger partial charge < -0.3 is 5.73 Å². The molecule has 1 heterocycles. The number of nitrogens with zero attached hydrogens (tertiary/aromatic N) is 3. The van der Waals surface area contributed by atoms with E-state index in [2.05, 4.69) is 30.8 Å². The second-order valence-electron chi connectivity index (χ2n) is 6.31. The molecule has 0 spiro atoms. The van der Waals surface area contributed by atoms with Gasteiger partial charge in [0.15, 0.2) is 0 Å². The molecule has 1 aliphatic rings. The predicted octanol–water partition coefficient (Wildman–Crippen LogP) is 2.52. The maximum absolute atomic E-state index is 6.04. The lowest BCUT2D eigenvalue weighted by atomic mass is 9.90. The normalized spacial score (nSPS) is 23.5. The van der Waals surface area contributed by atoms with Crippen molar-refractivity contribution in [1.29, 1.82) is 0 Å². The summed E-state index contributed by atoms with van der Waals surface area (Å²) in [6.07, 6.45) is 6.06. The van der Waals surface area contributed by atoms with Gasteiger partial charge in [-0.1, -0.05) is 6.92 Å². The topological polar surface area (TPSA) is 47.1 Å². The molecule has 2 N–H and O–H groups in total. The van der Waals surface area contributed by atoms with Crippen LogP contribution >= 0.6 is 0 Å². The molecule has 20 heavy (non-hydrogen) atoms. The van der Waals surface area contributed by atoms with Gasteiger partial charge in [-0.05, 0) is 52.5 Å². The highest BCUT2D eigenvalue weighted by Crippen LogP contribution is 2.25. The molecule has 0 atom stereocenters. The Morgan fingerprint density at radius 1 is 1.25 bits per heavy atom. The highest BCUT2D eigenvalue weighted by molar-refractivity contribution is 5.24. The SMILES string of the molecule is CCCN(Cc1c(C)nn(C)c1C)C1CCC(N)CC1. The lowest BCUT2D eigenvalue weighted by Gasteiger charge is -2.36. The summed E-state index contributed by atoms with van der Waals surface area (Å²) in [4.78, 5) is 2.66. The predicted molar refractivity (Wildman–Crippen MR) is 83.6 cm³/mol. The molecular formula is C16H30N4. The molecule has 1 saturated carbocycles. The molecule has 0 aromatic carbocycles. The Balaban J connectivity index is 2.09. The van der Waals surface area contributed by atoms with Crippen LogP contribution in [0.5, 0.6) is 0 Å². The Bertz CT molecular complexity index is 430. The summed E-state index contributed by atoms with van der Waals surface area (Å²) in [6.45, 7) is 8.79. The van der Waals surface area contributed by atoms with Crippen molar-refractivity contribution >= 4 is 0 Å². The third-order valence-electron chi connectivity index (χ3n) is 4.79. The van der Waals surface area contributed by atoms with Gasteiger partial charge in [0.05, 0.1) is 5.69 Å². The molecule has 114 valence electrons. The first-order chi connectivity index (χ1) is 9.52. The van der Waals surface area contributed by atoms with E-state index in [4.69, 9.17) is 5.73 Å². The van der Waals surface area contributed by atoms with Crippen molar-refractivity contribution in [2.75, 3.05) is 6.54 Å². The van der Waals surface area contributed by atoms with E-state index >= 15 is 0 Å². The highest BCUT2D eigenvalue weighted by atomic mass is 15.3. The highest BCUT2D eigenvalue weighted by Gasteiger charge is 2.25. The Hall–Kier alpha value is -0.870. The fraction of sp³-hybridized carbons (Fsp3) is 0.812. The number of nitrogens with two attached hydrogens (primary N) is 1. The minimum Gasteiger partial charge on any atom is -0.328 e. The maximum atomic E-state index is 6.04. The van der Waals surface area contributed by atoms with Crippen LogP contribution in [0, 0.1) is 13.8 Å². The minimum absolute atomic E-state index is 0.427. The van der Waals surface area contributed by atoms with Crippen molar-refractivity contribution in [2.45, 2.75) is 71.5 Å².